The molecule has 3 aromatic rings. The van der Waals surface area contributed by atoms with Gasteiger partial charge in [-0.1, -0.05) is 36.4 Å². The summed E-state index contributed by atoms with van der Waals surface area (Å²) in [6, 6.07) is 16.0. The highest BCUT2D eigenvalue weighted by molar-refractivity contribution is 5.54. The minimum Gasteiger partial charge on any atom is -0.389 e. The molecule has 0 aliphatic heterocycles. The molecule has 0 saturated carbocycles. The molecule has 0 amide bonds. The third-order valence-electron chi connectivity index (χ3n) is 3.71. The number of benzene rings is 2. The number of nitrogens with zero attached hydrogens (tertiary/aromatic N) is 4. The van der Waals surface area contributed by atoms with Gasteiger partial charge in [0.25, 0.3) is 0 Å². The van der Waals surface area contributed by atoms with Gasteiger partial charge in [-0.15, -0.1) is 5.10 Å². The van der Waals surface area contributed by atoms with Crippen LogP contribution in [0.5, 0.6) is 0 Å². The topological polar surface area (TPSA) is 75.9 Å². The largest absolute Gasteiger partial charge is 0.389 e. The van der Waals surface area contributed by atoms with Crippen molar-refractivity contribution in [3.63, 3.8) is 0 Å². The van der Waals surface area contributed by atoms with Crippen molar-refractivity contribution in [2.24, 2.45) is 0 Å². The van der Waals surface area contributed by atoms with Crippen LogP contribution in [0.3, 0.4) is 0 Å². The molecule has 0 saturated heterocycles. The van der Waals surface area contributed by atoms with Gasteiger partial charge < -0.3 is 10.4 Å². The smallest absolute Gasteiger partial charge is 0.182 e. The Balaban J connectivity index is 1.63. The highest BCUT2D eigenvalue weighted by Crippen LogP contribution is 2.16. The molecule has 2 N–H and O–H groups in total. The van der Waals surface area contributed by atoms with Gasteiger partial charge in [-0.05, 0) is 47.5 Å². The molecule has 0 aliphatic rings. The summed E-state index contributed by atoms with van der Waals surface area (Å²) in [7, 11) is 0. The molecule has 0 bridgehead atoms. The molecule has 1 aromatic heterocycles. The number of aryl methyl sites for hydroxylation is 2. The average molecular weight is 323 g/mol. The Hall–Kier alpha value is -2.73. The van der Waals surface area contributed by atoms with Crippen molar-refractivity contribution in [3.8, 4) is 11.4 Å². The van der Waals surface area contributed by atoms with E-state index in [2.05, 4.69) is 52.9 Å². The molecule has 24 heavy (non-hydrogen) atoms. The summed E-state index contributed by atoms with van der Waals surface area (Å²) in [5, 5.41) is 25.3. The summed E-state index contributed by atoms with van der Waals surface area (Å²) in [4.78, 5) is 0. The zero-order valence-corrected chi connectivity index (χ0v) is 13.8. The first-order chi connectivity index (χ1) is 11.6. The number of hydrogen-bond donors (Lipinski definition) is 2. The molecule has 1 unspecified atom stereocenters. The standard InChI is InChI=1S/C18H21N5O/c1-13-8-14(2)10-16(9-13)19-11-17(24)12-23-18(20-21-22-23)15-6-4-3-5-7-15/h3-10,17,19,24H,11-12H2,1-2H3. The van der Waals surface area contributed by atoms with Gasteiger partial charge in [-0.2, -0.15) is 0 Å². The van der Waals surface area contributed by atoms with Crippen molar-refractivity contribution in [3.05, 3.63) is 59.7 Å². The molecule has 0 radical (unpaired) electrons. The van der Waals surface area contributed by atoms with Crippen molar-refractivity contribution in [1.82, 2.24) is 20.2 Å². The number of anilines is 1. The van der Waals surface area contributed by atoms with Crippen LogP contribution in [-0.4, -0.2) is 38.0 Å². The summed E-state index contributed by atoms with van der Waals surface area (Å²) in [6.07, 6.45) is -0.600. The van der Waals surface area contributed by atoms with E-state index in [1.54, 1.807) is 4.68 Å². The molecule has 0 spiro atoms. The number of hydrogen-bond acceptors (Lipinski definition) is 5. The Labute approximate surface area is 141 Å². The van der Waals surface area contributed by atoms with Gasteiger partial charge in [-0.3, -0.25) is 0 Å². The molecule has 0 fully saturated rings. The van der Waals surface area contributed by atoms with Crippen LogP contribution in [0.15, 0.2) is 48.5 Å². The summed E-state index contributed by atoms with van der Waals surface area (Å²) in [5.74, 6) is 0.654. The van der Waals surface area contributed by atoms with Crippen molar-refractivity contribution in [1.29, 1.82) is 0 Å². The Kier molecular flexibility index (Phi) is 4.86. The molecule has 6 nitrogen and oxygen atoms in total. The van der Waals surface area contributed by atoms with Crippen LogP contribution in [0, 0.1) is 13.8 Å². The van der Waals surface area contributed by atoms with E-state index in [0.717, 1.165) is 11.3 Å². The molecular weight excluding hydrogens is 302 g/mol. The predicted octanol–water partition coefficient (Wildman–Crippen LogP) is 2.43. The first-order valence-corrected chi connectivity index (χ1v) is 7.93. The highest BCUT2D eigenvalue weighted by Gasteiger charge is 2.13. The van der Waals surface area contributed by atoms with Gasteiger partial charge in [0, 0.05) is 17.8 Å². The van der Waals surface area contributed by atoms with Crippen LogP contribution < -0.4 is 5.32 Å². The Bertz CT molecular complexity index is 780. The number of nitrogens with one attached hydrogen (secondary N) is 1. The van der Waals surface area contributed by atoms with E-state index >= 15 is 0 Å². The minimum atomic E-state index is -0.600. The first-order valence-electron chi connectivity index (χ1n) is 7.93. The second-order valence-electron chi connectivity index (χ2n) is 5.96. The quantitative estimate of drug-likeness (QED) is 0.728. The lowest BCUT2D eigenvalue weighted by molar-refractivity contribution is 0.161. The first kappa shape index (κ1) is 16.1. The van der Waals surface area contributed by atoms with Crippen LogP contribution in [0.25, 0.3) is 11.4 Å². The fourth-order valence-electron chi connectivity index (χ4n) is 2.70. The lowest BCUT2D eigenvalue weighted by atomic mass is 10.1. The van der Waals surface area contributed by atoms with Gasteiger partial charge in [0.15, 0.2) is 5.82 Å². The van der Waals surface area contributed by atoms with Crippen LogP contribution in [0.4, 0.5) is 5.69 Å². The second-order valence-corrected chi connectivity index (χ2v) is 5.96. The zero-order valence-electron chi connectivity index (χ0n) is 13.8. The average Bonchev–Trinajstić information content (AvgIpc) is 3.01. The number of tetrazole rings is 1. The van der Waals surface area contributed by atoms with Gasteiger partial charge in [-0.25, -0.2) is 4.68 Å². The van der Waals surface area contributed by atoms with Crippen molar-refractivity contribution >= 4 is 5.69 Å². The van der Waals surface area contributed by atoms with Crippen LogP contribution in [-0.2, 0) is 6.54 Å². The third kappa shape index (κ3) is 3.97. The van der Waals surface area contributed by atoms with Crippen molar-refractivity contribution in [2.45, 2.75) is 26.5 Å². The summed E-state index contributed by atoms with van der Waals surface area (Å²) >= 11 is 0. The van der Waals surface area contributed by atoms with E-state index in [4.69, 9.17) is 0 Å². The lowest BCUT2D eigenvalue weighted by Gasteiger charge is -2.14. The maximum absolute atomic E-state index is 10.3. The van der Waals surface area contributed by atoms with E-state index in [1.807, 2.05) is 30.3 Å². The van der Waals surface area contributed by atoms with E-state index in [-0.39, 0.29) is 0 Å². The second kappa shape index (κ2) is 7.23. The van der Waals surface area contributed by atoms with Crippen LogP contribution in [0.2, 0.25) is 0 Å². The normalized spacial score (nSPS) is 12.1. The fourth-order valence-corrected chi connectivity index (χ4v) is 2.70. The lowest BCUT2D eigenvalue weighted by Crippen LogP contribution is -2.26. The monoisotopic (exact) mass is 323 g/mol. The molecule has 3 rings (SSSR count). The summed E-state index contributed by atoms with van der Waals surface area (Å²) in [6.45, 7) is 4.87. The number of aromatic nitrogens is 4. The Morgan fingerprint density at radius 1 is 1.08 bits per heavy atom. The SMILES string of the molecule is Cc1cc(C)cc(NCC(O)Cn2nnnc2-c2ccccc2)c1. The zero-order chi connectivity index (χ0) is 16.9. The molecule has 6 heteroatoms. The molecule has 1 heterocycles. The van der Waals surface area contributed by atoms with Crippen LogP contribution >= 0.6 is 0 Å². The van der Waals surface area contributed by atoms with Gasteiger partial charge in [0.2, 0.25) is 0 Å². The third-order valence-corrected chi connectivity index (χ3v) is 3.71. The maximum atomic E-state index is 10.3. The summed E-state index contributed by atoms with van der Waals surface area (Å²) < 4.78 is 1.63. The molecule has 1 atom stereocenters. The van der Waals surface area contributed by atoms with Crippen molar-refractivity contribution in [2.75, 3.05) is 11.9 Å². The Morgan fingerprint density at radius 3 is 2.50 bits per heavy atom. The van der Waals surface area contributed by atoms with Gasteiger partial charge in [0.05, 0.1) is 12.6 Å². The van der Waals surface area contributed by atoms with E-state index in [1.165, 1.54) is 11.1 Å². The van der Waals surface area contributed by atoms with Gasteiger partial charge >= 0.3 is 0 Å². The predicted molar refractivity (Wildman–Crippen MR) is 93.7 cm³/mol. The number of aliphatic hydroxyl groups excluding tert-OH is 1. The Morgan fingerprint density at radius 2 is 1.79 bits per heavy atom. The van der Waals surface area contributed by atoms with Crippen LogP contribution in [0.1, 0.15) is 11.1 Å². The van der Waals surface area contributed by atoms with Gasteiger partial charge in [0.1, 0.15) is 0 Å². The van der Waals surface area contributed by atoms with E-state index in [9.17, 15) is 5.11 Å². The molecule has 2 aromatic carbocycles. The summed E-state index contributed by atoms with van der Waals surface area (Å²) in [5.41, 5.74) is 4.32. The van der Waals surface area contributed by atoms with E-state index in [0.29, 0.717) is 18.9 Å². The molecular formula is C18H21N5O. The fraction of sp³-hybridized carbons (Fsp3) is 0.278. The highest BCUT2D eigenvalue weighted by atomic mass is 16.3. The molecule has 0 aliphatic carbocycles. The van der Waals surface area contributed by atoms with Crippen molar-refractivity contribution < 1.29 is 5.11 Å². The maximum Gasteiger partial charge on any atom is 0.182 e. The van der Waals surface area contributed by atoms with E-state index < -0.39 is 6.10 Å². The number of aliphatic hydroxyl groups is 1. The minimum absolute atomic E-state index is 0.328. The number of rotatable bonds is 6. The molecule has 124 valence electrons.